The van der Waals surface area contributed by atoms with Crippen LogP contribution in [-0.4, -0.2) is 44.9 Å². The molecule has 4 amide bonds. The van der Waals surface area contributed by atoms with Crippen molar-refractivity contribution in [1.82, 2.24) is 20.8 Å². The molecule has 4 N–H and O–H groups in total. The van der Waals surface area contributed by atoms with Crippen LogP contribution in [0, 0.1) is 5.92 Å². The van der Waals surface area contributed by atoms with Gasteiger partial charge in [-0.2, -0.15) is 0 Å². The number of urea groups is 1. The second-order valence-corrected chi connectivity index (χ2v) is 6.80. The van der Waals surface area contributed by atoms with E-state index in [0.29, 0.717) is 5.69 Å². The lowest BCUT2D eigenvalue weighted by atomic mass is 9.95. The zero-order valence-electron chi connectivity index (χ0n) is 14.3. The van der Waals surface area contributed by atoms with Gasteiger partial charge in [0.25, 0.3) is 5.22 Å². The Bertz CT molecular complexity index is 870. The molecule has 2 heterocycles. The van der Waals surface area contributed by atoms with Crippen LogP contribution in [0.2, 0.25) is 0 Å². The van der Waals surface area contributed by atoms with Gasteiger partial charge in [0.1, 0.15) is 5.75 Å². The van der Waals surface area contributed by atoms with Gasteiger partial charge >= 0.3 is 6.03 Å². The number of amides is 4. The first-order valence-electron chi connectivity index (χ1n) is 8.06. The van der Waals surface area contributed by atoms with E-state index in [1.807, 2.05) is 0 Å². The summed E-state index contributed by atoms with van der Waals surface area (Å²) in [5.74, 6) is -1.05. The highest BCUT2D eigenvalue weighted by atomic mass is 32.2. The molecule has 27 heavy (non-hydrogen) atoms. The Kier molecular flexibility index (Phi) is 5.60. The summed E-state index contributed by atoms with van der Waals surface area (Å²) < 4.78 is 5.45. The lowest BCUT2D eigenvalue weighted by Crippen LogP contribution is -2.57. The molecule has 2 aromatic rings. The highest BCUT2D eigenvalue weighted by Crippen LogP contribution is 2.23. The van der Waals surface area contributed by atoms with E-state index in [4.69, 9.17) is 4.42 Å². The summed E-state index contributed by atoms with van der Waals surface area (Å²) in [7, 11) is 0. The van der Waals surface area contributed by atoms with Gasteiger partial charge in [0.05, 0.1) is 17.4 Å². The largest absolute Gasteiger partial charge is 0.506 e. The molecule has 0 saturated carbocycles. The Balaban J connectivity index is 1.52. The van der Waals surface area contributed by atoms with Gasteiger partial charge in [-0.25, -0.2) is 4.79 Å². The van der Waals surface area contributed by atoms with Crippen molar-refractivity contribution in [2.75, 3.05) is 11.1 Å². The Labute approximate surface area is 158 Å². The van der Waals surface area contributed by atoms with E-state index in [9.17, 15) is 19.5 Å². The SMILES string of the molecule is CC1NC(=O)NC(=O)C1Cc1nnc(SCC(=O)Nc2ccccc2O)o1. The molecule has 2 atom stereocenters. The number of benzene rings is 1. The van der Waals surface area contributed by atoms with Crippen LogP contribution in [0.1, 0.15) is 12.8 Å². The normalized spacial score (nSPS) is 19.3. The number of nitrogens with zero attached hydrogens (tertiary/aromatic N) is 2. The average molecular weight is 391 g/mol. The van der Waals surface area contributed by atoms with Crippen molar-refractivity contribution in [2.45, 2.75) is 24.6 Å². The van der Waals surface area contributed by atoms with Crippen LogP contribution in [0.3, 0.4) is 0 Å². The van der Waals surface area contributed by atoms with Gasteiger partial charge in [-0.3, -0.25) is 14.9 Å². The van der Waals surface area contributed by atoms with Gasteiger partial charge in [-0.05, 0) is 19.1 Å². The van der Waals surface area contributed by atoms with Crippen LogP contribution in [0.5, 0.6) is 5.75 Å². The molecule has 1 saturated heterocycles. The number of carbonyl (C=O) groups is 3. The fourth-order valence-corrected chi connectivity index (χ4v) is 3.09. The second-order valence-electron chi connectivity index (χ2n) is 5.88. The molecule has 10 nitrogen and oxygen atoms in total. The number of hydrogen-bond acceptors (Lipinski definition) is 8. The highest BCUT2D eigenvalue weighted by molar-refractivity contribution is 7.99. The Hall–Kier alpha value is -3.08. The van der Waals surface area contributed by atoms with Crippen LogP contribution in [0.15, 0.2) is 33.9 Å². The van der Waals surface area contributed by atoms with Crippen molar-refractivity contribution in [1.29, 1.82) is 0 Å². The predicted molar refractivity (Wildman–Crippen MR) is 95.1 cm³/mol. The molecular formula is C16H17N5O5S. The zero-order valence-corrected chi connectivity index (χ0v) is 15.1. The number of aromatic nitrogens is 2. The minimum Gasteiger partial charge on any atom is -0.506 e. The molecule has 3 rings (SSSR count). The van der Waals surface area contributed by atoms with Crippen LogP contribution in [-0.2, 0) is 16.0 Å². The number of rotatable bonds is 6. The van der Waals surface area contributed by atoms with Gasteiger partial charge in [-0.1, -0.05) is 23.9 Å². The Morgan fingerprint density at radius 3 is 2.85 bits per heavy atom. The molecule has 2 unspecified atom stereocenters. The Morgan fingerprint density at radius 1 is 1.33 bits per heavy atom. The third-order valence-corrected chi connectivity index (χ3v) is 4.70. The van der Waals surface area contributed by atoms with Crippen molar-refractivity contribution in [3.8, 4) is 5.75 Å². The van der Waals surface area contributed by atoms with Crippen molar-refractivity contribution in [3.05, 3.63) is 30.2 Å². The molecule has 1 aliphatic heterocycles. The van der Waals surface area contributed by atoms with Gasteiger partial charge in [-0.15, -0.1) is 10.2 Å². The fourth-order valence-electron chi connectivity index (χ4n) is 2.50. The number of nitrogens with one attached hydrogen (secondary N) is 3. The number of carbonyl (C=O) groups excluding carboxylic acids is 3. The first kappa shape index (κ1) is 18.7. The number of aromatic hydroxyl groups is 1. The third-order valence-electron chi connectivity index (χ3n) is 3.88. The van der Waals surface area contributed by atoms with Crippen molar-refractivity contribution < 1.29 is 23.9 Å². The van der Waals surface area contributed by atoms with E-state index >= 15 is 0 Å². The average Bonchev–Trinajstić information content (AvgIpc) is 3.06. The number of imide groups is 1. The van der Waals surface area contributed by atoms with E-state index in [1.54, 1.807) is 25.1 Å². The maximum absolute atomic E-state index is 12.0. The van der Waals surface area contributed by atoms with E-state index in [-0.39, 0.29) is 41.0 Å². The highest BCUT2D eigenvalue weighted by Gasteiger charge is 2.34. The van der Waals surface area contributed by atoms with Gasteiger partial charge in [0.15, 0.2) is 0 Å². The number of thioether (sulfide) groups is 1. The molecule has 1 aromatic heterocycles. The molecule has 0 radical (unpaired) electrons. The summed E-state index contributed by atoms with van der Waals surface area (Å²) in [4.78, 5) is 35.1. The molecule has 0 aliphatic carbocycles. The number of phenolic OH excluding ortho intramolecular Hbond substituents is 1. The molecule has 1 aromatic carbocycles. The lowest BCUT2D eigenvalue weighted by molar-refractivity contribution is -0.125. The summed E-state index contributed by atoms with van der Waals surface area (Å²) in [6, 6.07) is 5.51. The van der Waals surface area contributed by atoms with Crippen LogP contribution in [0.25, 0.3) is 0 Å². The summed E-state index contributed by atoms with van der Waals surface area (Å²) in [5.41, 5.74) is 0.314. The van der Waals surface area contributed by atoms with Gasteiger partial charge < -0.3 is 20.2 Å². The van der Waals surface area contributed by atoms with E-state index in [0.717, 1.165) is 11.8 Å². The van der Waals surface area contributed by atoms with Crippen molar-refractivity contribution >= 4 is 35.3 Å². The molecule has 142 valence electrons. The Morgan fingerprint density at radius 2 is 2.11 bits per heavy atom. The number of para-hydroxylation sites is 2. The van der Waals surface area contributed by atoms with Gasteiger partial charge in [0.2, 0.25) is 17.7 Å². The fraction of sp³-hybridized carbons (Fsp3) is 0.312. The van der Waals surface area contributed by atoms with Crippen LogP contribution >= 0.6 is 11.8 Å². The lowest BCUT2D eigenvalue weighted by Gasteiger charge is -2.27. The summed E-state index contributed by atoms with van der Waals surface area (Å²) in [6.45, 7) is 1.72. The number of anilines is 1. The van der Waals surface area contributed by atoms with E-state index in [1.165, 1.54) is 6.07 Å². The minimum atomic E-state index is -0.527. The smallest absolute Gasteiger partial charge is 0.321 e. The van der Waals surface area contributed by atoms with Crippen molar-refractivity contribution in [3.63, 3.8) is 0 Å². The molecule has 0 spiro atoms. The zero-order chi connectivity index (χ0) is 19.4. The first-order valence-corrected chi connectivity index (χ1v) is 9.05. The maximum Gasteiger partial charge on any atom is 0.321 e. The molecule has 1 fully saturated rings. The number of phenols is 1. The van der Waals surface area contributed by atoms with Crippen LogP contribution in [0.4, 0.5) is 10.5 Å². The van der Waals surface area contributed by atoms with Gasteiger partial charge in [0, 0.05) is 12.5 Å². The standard InChI is InChI=1S/C16H17N5O5S/c1-8-9(14(24)19-15(25)17-8)6-13-20-21-16(26-13)27-7-12(23)18-10-4-2-3-5-11(10)22/h2-5,8-9,22H,6-7H2,1H3,(H,18,23)(H2,17,19,24,25). The second kappa shape index (κ2) is 8.08. The third kappa shape index (κ3) is 4.76. The minimum absolute atomic E-state index is 0.00629. The quantitative estimate of drug-likeness (QED) is 0.419. The number of hydrogen-bond donors (Lipinski definition) is 4. The predicted octanol–water partition coefficient (Wildman–Crippen LogP) is 0.893. The van der Waals surface area contributed by atoms with Crippen molar-refractivity contribution in [2.24, 2.45) is 5.92 Å². The molecule has 0 bridgehead atoms. The molecular weight excluding hydrogens is 374 g/mol. The summed E-state index contributed by atoms with van der Waals surface area (Å²) >= 11 is 1.03. The summed E-state index contributed by atoms with van der Waals surface area (Å²) in [5, 5.41) is 24.9. The summed E-state index contributed by atoms with van der Waals surface area (Å²) in [6.07, 6.45) is 0.172. The van der Waals surface area contributed by atoms with E-state index < -0.39 is 17.9 Å². The first-order chi connectivity index (χ1) is 12.9. The molecule has 11 heteroatoms. The molecule has 1 aliphatic rings. The topological polar surface area (TPSA) is 146 Å². The van der Waals surface area contributed by atoms with Crippen LogP contribution < -0.4 is 16.0 Å². The van der Waals surface area contributed by atoms with E-state index in [2.05, 4.69) is 26.1 Å². The monoisotopic (exact) mass is 391 g/mol. The maximum atomic E-state index is 12.0.